The van der Waals surface area contributed by atoms with E-state index in [-0.39, 0.29) is 19.0 Å². The number of quaternary nitrogens is 1. The molecular formula is C18H39ClNO5PS. The van der Waals surface area contributed by atoms with E-state index >= 15 is 0 Å². The van der Waals surface area contributed by atoms with Gasteiger partial charge in [-0.15, -0.1) is 0 Å². The van der Waals surface area contributed by atoms with E-state index in [1.165, 1.54) is 64.2 Å². The maximum Gasteiger partial charge on any atom is 0.469 e. The number of aliphatic hydroxyl groups is 1. The summed E-state index contributed by atoms with van der Waals surface area (Å²) in [6.07, 6.45) is 17.7. The van der Waals surface area contributed by atoms with Crippen molar-refractivity contribution in [3.05, 3.63) is 12.2 Å². The van der Waals surface area contributed by atoms with E-state index in [0.717, 1.165) is 18.6 Å². The van der Waals surface area contributed by atoms with Crippen LogP contribution >= 0.6 is 20.5 Å². The lowest BCUT2D eigenvalue weighted by Crippen LogP contribution is -3.00. The van der Waals surface area contributed by atoms with Gasteiger partial charge in [0, 0.05) is 0 Å². The molecule has 0 aromatic rings. The number of phosphoric acid groups is 1. The lowest BCUT2D eigenvalue weighted by Gasteiger charge is -2.13. The van der Waals surface area contributed by atoms with Gasteiger partial charge in [0.15, 0.2) is 0 Å². The third-order valence-corrected chi connectivity index (χ3v) is 5.10. The third kappa shape index (κ3) is 22.6. The predicted molar refractivity (Wildman–Crippen MR) is 109 cm³/mol. The van der Waals surface area contributed by atoms with Crippen LogP contribution in [0.5, 0.6) is 0 Å². The molecule has 0 rings (SSSR count). The number of phosphoric ester groups is 1. The molecule has 0 radical (unpaired) electrons. The van der Waals surface area contributed by atoms with Crippen LogP contribution in [0.3, 0.4) is 0 Å². The second-order valence-corrected chi connectivity index (χ2v) is 8.55. The summed E-state index contributed by atoms with van der Waals surface area (Å²) in [6.45, 7) is -0.273. The van der Waals surface area contributed by atoms with Crippen molar-refractivity contribution in [2.24, 2.45) is 0 Å². The van der Waals surface area contributed by atoms with Crippen LogP contribution in [0.4, 0.5) is 0 Å². The van der Waals surface area contributed by atoms with Crippen LogP contribution in [0.15, 0.2) is 12.2 Å². The van der Waals surface area contributed by atoms with Gasteiger partial charge >= 0.3 is 7.82 Å². The Morgan fingerprint density at radius 3 is 1.81 bits per heavy atom. The predicted octanol–water partition coefficient (Wildman–Crippen LogP) is 0.238. The first-order chi connectivity index (χ1) is 12.4. The fraction of sp³-hybridized carbons (Fsp3) is 0.889. The normalized spacial score (nSPS) is 14.3. The lowest BCUT2D eigenvalue weighted by atomic mass is 10.0. The largest absolute Gasteiger partial charge is 1.00 e. The number of hydrogen-bond donors (Lipinski definition) is 5. The summed E-state index contributed by atoms with van der Waals surface area (Å²) in [6, 6.07) is -0.600. The summed E-state index contributed by atoms with van der Waals surface area (Å²) in [4.78, 5) is 17.2. The fourth-order valence-corrected chi connectivity index (χ4v) is 3.26. The highest BCUT2D eigenvalue weighted by molar-refractivity contribution is 7.80. The molecule has 27 heavy (non-hydrogen) atoms. The molecule has 0 aliphatic carbocycles. The summed E-state index contributed by atoms with van der Waals surface area (Å²) < 4.78 is 14.9. The van der Waals surface area contributed by atoms with Crippen LogP contribution in [0.25, 0.3) is 0 Å². The van der Waals surface area contributed by atoms with Gasteiger partial charge in [-0.05, 0) is 25.0 Å². The highest BCUT2D eigenvalue weighted by Gasteiger charge is 2.21. The first kappa shape index (κ1) is 29.6. The van der Waals surface area contributed by atoms with Gasteiger partial charge in [-0.2, -0.15) is 12.6 Å². The monoisotopic (exact) mass is 447 g/mol. The van der Waals surface area contributed by atoms with E-state index in [2.05, 4.69) is 22.9 Å². The smallest absolute Gasteiger partial charge is 0.469 e. The van der Waals surface area contributed by atoms with E-state index in [1.807, 2.05) is 6.08 Å². The SMILES string of the molecule is [Cl-].[NH3+][C@@H](COP(=O)(O)O)[C@H](O)/C=C/CCCCCCCCCCCCCS. The molecule has 0 amide bonds. The summed E-state index contributed by atoms with van der Waals surface area (Å²) in [5.41, 5.74) is 3.65. The average molecular weight is 448 g/mol. The molecule has 164 valence electrons. The minimum atomic E-state index is -4.50. The topological polar surface area (TPSA) is 115 Å². The molecule has 0 aromatic heterocycles. The van der Waals surface area contributed by atoms with Crippen LogP contribution in [-0.4, -0.2) is 39.4 Å². The maximum absolute atomic E-state index is 10.6. The molecule has 9 heteroatoms. The molecule has 0 fully saturated rings. The molecule has 0 aromatic carbocycles. The van der Waals surface area contributed by atoms with Gasteiger partial charge in [-0.3, -0.25) is 4.52 Å². The zero-order chi connectivity index (χ0) is 19.7. The highest BCUT2D eigenvalue weighted by Crippen LogP contribution is 2.35. The van der Waals surface area contributed by atoms with Crippen molar-refractivity contribution in [3.8, 4) is 0 Å². The Morgan fingerprint density at radius 2 is 1.37 bits per heavy atom. The first-order valence-electron chi connectivity index (χ1n) is 9.85. The van der Waals surface area contributed by atoms with E-state index in [0.29, 0.717) is 0 Å². The number of allylic oxidation sites excluding steroid dienone is 1. The van der Waals surface area contributed by atoms with Crippen LogP contribution in [0.2, 0.25) is 0 Å². The van der Waals surface area contributed by atoms with Gasteiger partial charge in [0.1, 0.15) is 18.8 Å². The Kier molecular flexibility index (Phi) is 21.6. The number of halogens is 1. The molecule has 2 atom stereocenters. The van der Waals surface area contributed by atoms with Gasteiger partial charge < -0.3 is 33.0 Å². The van der Waals surface area contributed by atoms with Crippen molar-refractivity contribution >= 4 is 20.5 Å². The lowest BCUT2D eigenvalue weighted by molar-refractivity contribution is -0.437. The van der Waals surface area contributed by atoms with E-state index in [1.54, 1.807) is 6.08 Å². The van der Waals surface area contributed by atoms with Gasteiger partial charge in [-0.25, -0.2) is 4.57 Å². The Morgan fingerprint density at radius 1 is 0.926 bits per heavy atom. The van der Waals surface area contributed by atoms with E-state index in [4.69, 9.17) is 9.79 Å². The minimum Gasteiger partial charge on any atom is -1.00 e. The van der Waals surface area contributed by atoms with Crippen LogP contribution < -0.4 is 18.1 Å². The quantitative estimate of drug-likeness (QED) is 0.0893. The van der Waals surface area contributed by atoms with Crippen molar-refractivity contribution < 1.29 is 42.1 Å². The molecule has 0 saturated heterocycles. The van der Waals surface area contributed by atoms with Gasteiger partial charge in [0.05, 0.1) is 0 Å². The maximum atomic E-state index is 10.6. The molecule has 6 N–H and O–H groups in total. The van der Waals surface area contributed by atoms with Crippen LogP contribution in [0, 0.1) is 0 Å². The first-order valence-corrected chi connectivity index (χ1v) is 12.0. The van der Waals surface area contributed by atoms with Crippen molar-refractivity contribution in [1.82, 2.24) is 0 Å². The molecule has 0 saturated carbocycles. The average Bonchev–Trinajstić information content (AvgIpc) is 2.59. The van der Waals surface area contributed by atoms with Gasteiger partial charge in [0.2, 0.25) is 0 Å². The van der Waals surface area contributed by atoms with Crippen molar-refractivity contribution in [2.45, 2.75) is 89.2 Å². The molecule has 0 aliphatic heterocycles. The summed E-state index contributed by atoms with van der Waals surface area (Å²) in [5.74, 6) is 1.01. The van der Waals surface area contributed by atoms with Crippen LogP contribution in [-0.2, 0) is 9.09 Å². The zero-order valence-corrected chi connectivity index (χ0v) is 18.9. The van der Waals surface area contributed by atoms with Crippen molar-refractivity contribution in [2.75, 3.05) is 12.4 Å². The van der Waals surface area contributed by atoms with E-state index < -0.39 is 20.0 Å². The number of unbranched alkanes of at least 4 members (excludes halogenated alkanes) is 11. The van der Waals surface area contributed by atoms with Crippen molar-refractivity contribution in [1.29, 1.82) is 0 Å². The number of thiol groups is 1. The molecule has 6 nitrogen and oxygen atoms in total. The Labute approximate surface area is 176 Å². The standard InChI is InChI=1S/C18H38NO5PS.ClH/c19-17(16-24-25(21,22)23)18(20)14-12-10-8-6-4-2-1-3-5-7-9-11-13-15-26;/h12,14,17-18,20,26H,1-11,13,15-16,19H2,(H2,21,22,23);1H/b14-12+;/t17-,18+;/m0./s1. The summed E-state index contributed by atoms with van der Waals surface area (Å²) in [5, 5.41) is 9.82. The number of aliphatic hydroxyl groups excluding tert-OH is 1. The minimum absolute atomic E-state index is 0. The number of rotatable bonds is 18. The summed E-state index contributed by atoms with van der Waals surface area (Å²) >= 11 is 4.22. The molecule has 0 bridgehead atoms. The van der Waals surface area contributed by atoms with Crippen LogP contribution in [0.1, 0.15) is 77.0 Å². The fourth-order valence-electron chi connectivity index (χ4n) is 2.65. The Hall–Kier alpha value is 0.410. The van der Waals surface area contributed by atoms with Gasteiger partial charge in [0.25, 0.3) is 0 Å². The van der Waals surface area contributed by atoms with E-state index in [9.17, 15) is 9.67 Å². The molecule has 0 spiro atoms. The molecule has 0 unspecified atom stereocenters. The molecule has 0 heterocycles. The zero-order valence-electron chi connectivity index (χ0n) is 16.3. The second-order valence-electron chi connectivity index (χ2n) is 6.87. The Bertz CT molecular complexity index is 398. The van der Waals surface area contributed by atoms with Crippen molar-refractivity contribution in [3.63, 3.8) is 0 Å². The third-order valence-electron chi connectivity index (χ3n) is 4.30. The number of hydrogen-bond acceptors (Lipinski definition) is 4. The highest BCUT2D eigenvalue weighted by atomic mass is 35.5. The molecular weight excluding hydrogens is 409 g/mol. The Balaban J connectivity index is 0. The summed E-state index contributed by atoms with van der Waals surface area (Å²) in [7, 11) is -4.50. The van der Waals surface area contributed by atoms with Gasteiger partial charge in [-0.1, -0.05) is 69.9 Å². The second kappa shape index (κ2) is 19.7. The molecule has 0 aliphatic rings.